The Balaban J connectivity index is 1.96. The van der Waals surface area contributed by atoms with Crippen LogP contribution in [-0.2, 0) is 0 Å². The summed E-state index contributed by atoms with van der Waals surface area (Å²) in [4.78, 5) is 11.8. The van der Waals surface area contributed by atoms with E-state index in [-0.39, 0.29) is 18.1 Å². The molecule has 3 nitrogen and oxygen atoms in total. The summed E-state index contributed by atoms with van der Waals surface area (Å²) in [6.07, 6.45) is 4.73. The molecule has 0 fully saturated rings. The maximum absolute atomic E-state index is 11.8. The van der Waals surface area contributed by atoms with Crippen molar-refractivity contribution in [2.75, 3.05) is 0 Å². The molecule has 0 saturated heterocycles. The van der Waals surface area contributed by atoms with Gasteiger partial charge in [0.2, 0.25) is 0 Å². The van der Waals surface area contributed by atoms with Crippen LogP contribution < -0.4 is 5.32 Å². The Morgan fingerprint density at radius 2 is 1.94 bits per heavy atom. The molecular formula is C13H15NO2. The molecule has 1 aliphatic rings. The van der Waals surface area contributed by atoms with Gasteiger partial charge in [0, 0.05) is 11.6 Å². The van der Waals surface area contributed by atoms with Gasteiger partial charge in [0.25, 0.3) is 5.91 Å². The topological polar surface area (TPSA) is 49.3 Å². The smallest absolute Gasteiger partial charge is 0.251 e. The highest BCUT2D eigenvalue weighted by Crippen LogP contribution is 2.11. The average Bonchev–Trinajstić information content (AvgIpc) is 2.33. The number of rotatable bonds is 2. The summed E-state index contributed by atoms with van der Waals surface area (Å²) >= 11 is 0. The molecule has 0 saturated carbocycles. The largest absolute Gasteiger partial charge is 0.389 e. The first-order valence-corrected chi connectivity index (χ1v) is 5.48. The predicted octanol–water partition coefficient (Wildman–Crippen LogP) is 1.50. The highest BCUT2D eigenvalue weighted by atomic mass is 16.3. The quantitative estimate of drug-likeness (QED) is 0.737. The minimum atomic E-state index is -0.357. The molecule has 1 aliphatic carbocycles. The Hall–Kier alpha value is -1.61. The molecule has 1 aromatic rings. The number of benzene rings is 1. The molecule has 0 bridgehead atoms. The lowest BCUT2D eigenvalue weighted by atomic mass is 10.0. The van der Waals surface area contributed by atoms with E-state index in [4.69, 9.17) is 0 Å². The normalized spacial score (nSPS) is 24.1. The first-order valence-electron chi connectivity index (χ1n) is 5.48. The SMILES string of the molecule is O=C(N[C@@H]1C=C[C@H](O)CC1)c1ccccc1. The molecule has 0 spiro atoms. The number of hydrogen-bond acceptors (Lipinski definition) is 2. The first-order chi connectivity index (χ1) is 7.75. The van der Waals surface area contributed by atoms with Crippen molar-refractivity contribution in [1.82, 2.24) is 5.32 Å². The van der Waals surface area contributed by atoms with Gasteiger partial charge in [-0.2, -0.15) is 0 Å². The van der Waals surface area contributed by atoms with Crippen molar-refractivity contribution in [3.63, 3.8) is 0 Å². The minimum absolute atomic E-state index is 0.0381. The van der Waals surface area contributed by atoms with Crippen molar-refractivity contribution in [2.45, 2.75) is 25.0 Å². The molecule has 2 atom stereocenters. The Bertz CT molecular complexity index is 386. The van der Waals surface area contributed by atoms with E-state index in [1.807, 2.05) is 24.3 Å². The Morgan fingerprint density at radius 1 is 1.19 bits per heavy atom. The van der Waals surface area contributed by atoms with Crippen molar-refractivity contribution in [2.24, 2.45) is 0 Å². The molecule has 1 aromatic carbocycles. The number of carbonyl (C=O) groups is 1. The molecule has 0 aliphatic heterocycles. The summed E-state index contributed by atoms with van der Waals surface area (Å²) in [6.45, 7) is 0. The molecule has 3 heteroatoms. The average molecular weight is 217 g/mol. The second-order valence-electron chi connectivity index (χ2n) is 3.98. The fourth-order valence-electron chi connectivity index (χ4n) is 1.77. The third-order valence-corrected chi connectivity index (χ3v) is 2.69. The van der Waals surface area contributed by atoms with Crippen LogP contribution in [0.15, 0.2) is 42.5 Å². The number of aliphatic hydroxyl groups excluding tert-OH is 1. The second-order valence-corrected chi connectivity index (χ2v) is 3.98. The van der Waals surface area contributed by atoms with Crippen molar-refractivity contribution < 1.29 is 9.90 Å². The highest BCUT2D eigenvalue weighted by Gasteiger charge is 2.16. The van der Waals surface area contributed by atoms with E-state index in [9.17, 15) is 9.90 Å². The number of carbonyl (C=O) groups excluding carboxylic acids is 1. The van der Waals surface area contributed by atoms with E-state index >= 15 is 0 Å². The molecule has 16 heavy (non-hydrogen) atoms. The molecular weight excluding hydrogens is 202 g/mol. The Morgan fingerprint density at radius 3 is 2.56 bits per heavy atom. The van der Waals surface area contributed by atoms with Crippen molar-refractivity contribution in [3.05, 3.63) is 48.0 Å². The summed E-state index contributed by atoms with van der Waals surface area (Å²) in [5.74, 6) is -0.0633. The zero-order valence-electron chi connectivity index (χ0n) is 8.97. The van der Waals surface area contributed by atoms with E-state index in [0.29, 0.717) is 12.0 Å². The van der Waals surface area contributed by atoms with Gasteiger partial charge in [0.05, 0.1) is 6.10 Å². The molecule has 0 radical (unpaired) electrons. The zero-order valence-corrected chi connectivity index (χ0v) is 8.97. The van der Waals surface area contributed by atoms with Crippen LogP contribution in [-0.4, -0.2) is 23.2 Å². The van der Waals surface area contributed by atoms with Crippen LogP contribution in [0.4, 0.5) is 0 Å². The van der Waals surface area contributed by atoms with E-state index in [1.54, 1.807) is 18.2 Å². The third-order valence-electron chi connectivity index (χ3n) is 2.69. The van der Waals surface area contributed by atoms with Crippen LogP contribution in [0.25, 0.3) is 0 Å². The van der Waals surface area contributed by atoms with Gasteiger partial charge in [-0.1, -0.05) is 30.4 Å². The fraction of sp³-hybridized carbons (Fsp3) is 0.308. The lowest BCUT2D eigenvalue weighted by Gasteiger charge is -2.20. The summed E-state index contributed by atoms with van der Waals surface area (Å²) in [5, 5.41) is 12.2. The van der Waals surface area contributed by atoms with Crippen LogP contribution >= 0.6 is 0 Å². The predicted molar refractivity (Wildman–Crippen MR) is 62.1 cm³/mol. The number of hydrogen-bond donors (Lipinski definition) is 2. The van der Waals surface area contributed by atoms with E-state index in [2.05, 4.69) is 5.32 Å². The van der Waals surface area contributed by atoms with Crippen molar-refractivity contribution >= 4 is 5.91 Å². The van der Waals surface area contributed by atoms with Gasteiger partial charge >= 0.3 is 0 Å². The maximum Gasteiger partial charge on any atom is 0.251 e. The maximum atomic E-state index is 11.8. The molecule has 2 N–H and O–H groups in total. The lowest BCUT2D eigenvalue weighted by molar-refractivity contribution is 0.0936. The summed E-state index contributed by atoms with van der Waals surface area (Å²) in [6, 6.07) is 9.18. The van der Waals surface area contributed by atoms with E-state index in [1.165, 1.54) is 0 Å². The number of nitrogens with one attached hydrogen (secondary N) is 1. The Labute approximate surface area is 94.8 Å². The standard InChI is InChI=1S/C13H15NO2/c15-12-8-6-11(7-9-12)14-13(16)10-4-2-1-3-5-10/h1-6,8,11-12,15H,7,9H2,(H,14,16)/t11-,12+/m1/s1. The van der Waals surface area contributed by atoms with Gasteiger partial charge in [-0.3, -0.25) is 4.79 Å². The van der Waals surface area contributed by atoms with Gasteiger partial charge in [-0.05, 0) is 25.0 Å². The lowest BCUT2D eigenvalue weighted by Crippen LogP contribution is -2.35. The second kappa shape index (κ2) is 4.94. The minimum Gasteiger partial charge on any atom is -0.389 e. The fourth-order valence-corrected chi connectivity index (χ4v) is 1.77. The monoisotopic (exact) mass is 217 g/mol. The van der Waals surface area contributed by atoms with Crippen LogP contribution in [0.3, 0.4) is 0 Å². The highest BCUT2D eigenvalue weighted by molar-refractivity contribution is 5.94. The summed E-state index contributed by atoms with van der Waals surface area (Å²) < 4.78 is 0. The van der Waals surface area contributed by atoms with Crippen LogP contribution in [0.2, 0.25) is 0 Å². The molecule has 1 amide bonds. The van der Waals surface area contributed by atoms with Gasteiger partial charge in [0.15, 0.2) is 0 Å². The van der Waals surface area contributed by atoms with E-state index in [0.717, 1.165) is 6.42 Å². The Kier molecular flexibility index (Phi) is 3.37. The van der Waals surface area contributed by atoms with Crippen LogP contribution in [0.1, 0.15) is 23.2 Å². The van der Waals surface area contributed by atoms with E-state index < -0.39 is 0 Å². The molecule has 0 aromatic heterocycles. The first kappa shape index (κ1) is 10.9. The zero-order chi connectivity index (χ0) is 11.4. The number of amides is 1. The third kappa shape index (κ3) is 2.70. The van der Waals surface area contributed by atoms with Crippen LogP contribution in [0, 0.1) is 0 Å². The van der Waals surface area contributed by atoms with Gasteiger partial charge in [-0.15, -0.1) is 0 Å². The molecule has 84 valence electrons. The summed E-state index contributed by atoms with van der Waals surface area (Å²) in [7, 11) is 0. The molecule has 0 unspecified atom stereocenters. The molecule has 0 heterocycles. The van der Waals surface area contributed by atoms with Gasteiger partial charge in [-0.25, -0.2) is 0 Å². The van der Waals surface area contributed by atoms with Gasteiger partial charge < -0.3 is 10.4 Å². The van der Waals surface area contributed by atoms with Crippen molar-refractivity contribution in [3.8, 4) is 0 Å². The summed E-state index contributed by atoms with van der Waals surface area (Å²) in [5.41, 5.74) is 0.669. The molecule has 2 rings (SSSR count). The van der Waals surface area contributed by atoms with Gasteiger partial charge in [0.1, 0.15) is 0 Å². The number of aliphatic hydroxyl groups is 1. The van der Waals surface area contributed by atoms with Crippen LogP contribution in [0.5, 0.6) is 0 Å². The van der Waals surface area contributed by atoms with Crippen molar-refractivity contribution in [1.29, 1.82) is 0 Å².